The number of hydrogen-bond donors (Lipinski definition) is 1. The van der Waals surface area contributed by atoms with Gasteiger partial charge in [-0.3, -0.25) is 4.79 Å². The summed E-state index contributed by atoms with van der Waals surface area (Å²) >= 11 is 0. The molecule has 1 N–H and O–H groups in total. The highest BCUT2D eigenvalue weighted by atomic mass is 16.5. The number of carbonyl (C=O) groups excluding carboxylic acids is 1. The average molecular weight is 301 g/mol. The zero-order valence-electron chi connectivity index (χ0n) is 12.8. The number of nitrogens with one attached hydrogen (secondary N) is 1. The standard InChI is InChI=1S/C18H23NO3/c20-17-11-22-18-10-14(4-5-15(17)18)21-7-1-6-19-16-9-12-2-3-13(16)8-12/h4-5,10,12-13,16,19H,1-3,6-9,11H2. The maximum absolute atomic E-state index is 11.5. The van der Waals surface area contributed by atoms with Crippen LogP contribution in [-0.2, 0) is 0 Å². The second-order valence-electron chi connectivity index (χ2n) is 6.81. The topological polar surface area (TPSA) is 47.6 Å². The summed E-state index contributed by atoms with van der Waals surface area (Å²) in [6.45, 7) is 1.88. The second kappa shape index (κ2) is 5.92. The van der Waals surface area contributed by atoms with Crippen LogP contribution in [0.2, 0.25) is 0 Å². The smallest absolute Gasteiger partial charge is 0.203 e. The number of benzene rings is 1. The number of carbonyl (C=O) groups is 1. The van der Waals surface area contributed by atoms with Crippen molar-refractivity contribution in [1.82, 2.24) is 5.32 Å². The van der Waals surface area contributed by atoms with E-state index in [9.17, 15) is 4.79 Å². The molecule has 3 atom stereocenters. The van der Waals surface area contributed by atoms with E-state index in [-0.39, 0.29) is 12.4 Å². The molecule has 3 aliphatic rings. The van der Waals surface area contributed by atoms with Gasteiger partial charge in [-0.25, -0.2) is 0 Å². The second-order valence-corrected chi connectivity index (χ2v) is 6.81. The first-order valence-electron chi connectivity index (χ1n) is 8.46. The van der Waals surface area contributed by atoms with Crippen molar-refractivity contribution in [2.24, 2.45) is 11.8 Å². The molecule has 0 spiro atoms. The molecule has 2 bridgehead atoms. The Balaban J connectivity index is 1.19. The van der Waals surface area contributed by atoms with Crippen LogP contribution in [0.25, 0.3) is 0 Å². The largest absolute Gasteiger partial charge is 0.493 e. The molecule has 22 heavy (non-hydrogen) atoms. The molecule has 0 aromatic heterocycles. The van der Waals surface area contributed by atoms with Crippen LogP contribution >= 0.6 is 0 Å². The van der Waals surface area contributed by atoms with E-state index in [0.29, 0.717) is 17.9 Å². The Hall–Kier alpha value is -1.55. The Morgan fingerprint density at radius 2 is 2.23 bits per heavy atom. The van der Waals surface area contributed by atoms with Gasteiger partial charge in [-0.1, -0.05) is 6.42 Å². The van der Waals surface area contributed by atoms with Gasteiger partial charge < -0.3 is 14.8 Å². The molecule has 1 heterocycles. The molecule has 2 aliphatic carbocycles. The molecule has 1 aromatic carbocycles. The summed E-state index contributed by atoms with van der Waals surface area (Å²) in [7, 11) is 0. The van der Waals surface area contributed by atoms with Gasteiger partial charge in [0.25, 0.3) is 0 Å². The van der Waals surface area contributed by atoms with Crippen LogP contribution in [0.5, 0.6) is 11.5 Å². The van der Waals surface area contributed by atoms with E-state index in [1.165, 1.54) is 25.7 Å². The van der Waals surface area contributed by atoms with Gasteiger partial charge in [0.2, 0.25) is 5.78 Å². The lowest BCUT2D eigenvalue weighted by Gasteiger charge is -2.22. The van der Waals surface area contributed by atoms with Gasteiger partial charge >= 0.3 is 0 Å². The number of rotatable bonds is 6. The summed E-state index contributed by atoms with van der Waals surface area (Å²) in [5.41, 5.74) is 0.672. The van der Waals surface area contributed by atoms with E-state index in [0.717, 1.165) is 36.6 Å². The van der Waals surface area contributed by atoms with Crippen molar-refractivity contribution in [3.8, 4) is 11.5 Å². The third kappa shape index (κ3) is 2.72. The van der Waals surface area contributed by atoms with Crippen LogP contribution in [0.3, 0.4) is 0 Å². The fourth-order valence-electron chi connectivity index (χ4n) is 4.21. The highest BCUT2D eigenvalue weighted by Crippen LogP contribution is 2.44. The van der Waals surface area contributed by atoms with Gasteiger partial charge in [0.05, 0.1) is 12.2 Å². The summed E-state index contributed by atoms with van der Waals surface area (Å²) in [6.07, 6.45) is 6.70. The van der Waals surface area contributed by atoms with Gasteiger partial charge in [0.15, 0.2) is 6.61 Å². The zero-order valence-corrected chi connectivity index (χ0v) is 12.8. The minimum absolute atomic E-state index is 0.0524. The molecule has 0 amide bonds. The minimum atomic E-state index is 0.0524. The van der Waals surface area contributed by atoms with E-state index in [2.05, 4.69) is 5.32 Å². The van der Waals surface area contributed by atoms with Gasteiger partial charge in [0.1, 0.15) is 11.5 Å². The molecular formula is C18H23NO3. The summed E-state index contributed by atoms with van der Waals surface area (Å²) in [5, 5.41) is 3.70. The van der Waals surface area contributed by atoms with Crippen LogP contribution in [0.15, 0.2) is 18.2 Å². The van der Waals surface area contributed by atoms with Crippen LogP contribution in [0.1, 0.15) is 42.5 Å². The maximum atomic E-state index is 11.5. The first kappa shape index (κ1) is 14.1. The number of Topliss-reactive ketones (excluding diaryl/α,β-unsaturated/α-hetero) is 1. The first-order valence-corrected chi connectivity index (χ1v) is 8.46. The van der Waals surface area contributed by atoms with Crippen molar-refractivity contribution in [3.63, 3.8) is 0 Å². The molecule has 0 saturated heterocycles. The minimum Gasteiger partial charge on any atom is -0.493 e. The number of ether oxygens (including phenoxy) is 2. The molecular weight excluding hydrogens is 278 g/mol. The summed E-state index contributed by atoms with van der Waals surface area (Å²) < 4.78 is 11.1. The van der Waals surface area contributed by atoms with E-state index >= 15 is 0 Å². The lowest BCUT2D eigenvalue weighted by atomic mass is 9.95. The van der Waals surface area contributed by atoms with E-state index in [4.69, 9.17) is 9.47 Å². The van der Waals surface area contributed by atoms with E-state index in [1.54, 1.807) is 6.07 Å². The molecule has 2 fully saturated rings. The van der Waals surface area contributed by atoms with Gasteiger partial charge in [-0.2, -0.15) is 0 Å². The molecule has 3 unspecified atom stereocenters. The van der Waals surface area contributed by atoms with E-state index in [1.807, 2.05) is 12.1 Å². The first-order chi connectivity index (χ1) is 10.8. The monoisotopic (exact) mass is 301 g/mol. The van der Waals surface area contributed by atoms with Crippen LogP contribution in [-0.4, -0.2) is 31.6 Å². The lowest BCUT2D eigenvalue weighted by molar-refractivity contribution is 0.0961. The van der Waals surface area contributed by atoms with Crippen LogP contribution < -0.4 is 14.8 Å². The third-order valence-corrected chi connectivity index (χ3v) is 5.35. The molecule has 118 valence electrons. The molecule has 0 radical (unpaired) electrons. The third-order valence-electron chi connectivity index (χ3n) is 5.35. The molecule has 2 saturated carbocycles. The SMILES string of the molecule is O=C1COc2cc(OCCCNC3CC4CCC3C4)ccc21. The number of hydrogen-bond acceptors (Lipinski definition) is 4. The van der Waals surface area contributed by atoms with Gasteiger partial charge in [0, 0.05) is 12.1 Å². The molecule has 1 aliphatic heterocycles. The Morgan fingerprint density at radius 3 is 3.05 bits per heavy atom. The van der Waals surface area contributed by atoms with Gasteiger partial charge in [-0.05, 0) is 56.2 Å². The zero-order chi connectivity index (χ0) is 14.9. The normalized spacial score (nSPS) is 28.7. The molecule has 4 nitrogen and oxygen atoms in total. The highest BCUT2D eigenvalue weighted by molar-refractivity contribution is 6.02. The Bertz CT molecular complexity index is 571. The highest BCUT2D eigenvalue weighted by Gasteiger charge is 2.38. The molecule has 4 rings (SSSR count). The predicted octanol–water partition coefficient (Wildman–Crippen LogP) is 2.81. The van der Waals surface area contributed by atoms with Gasteiger partial charge in [-0.15, -0.1) is 0 Å². The predicted molar refractivity (Wildman–Crippen MR) is 83.6 cm³/mol. The van der Waals surface area contributed by atoms with Crippen molar-refractivity contribution < 1.29 is 14.3 Å². The number of ketones is 1. The molecule has 1 aromatic rings. The molecule has 4 heteroatoms. The van der Waals surface area contributed by atoms with Crippen molar-refractivity contribution in [2.75, 3.05) is 19.8 Å². The Labute approximate surface area is 131 Å². The average Bonchev–Trinajstić information content (AvgIpc) is 3.23. The Kier molecular flexibility index (Phi) is 3.78. The fourth-order valence-corrected chi connectivity index (χ4v) is 4.21. The summed E-state index contributed by atoms with van der Waals surface area (Å²) in [5.74, 6) is 3.41. The van der Waals surface area contributed by atoms with Crippen molar-refractivity contribution in [2.45, 2.75) is 38.1 Å². The van der Waals surface area contributed by atoms with Crippen molar-refractivity contribution >= 4 is 5.78 Å². The quantitative estimate of drug-likeness (QED) is 0.821. The van der Waals surface area contributed by atoms with Crippen molar-refractivity contribution in [3.05, 3.63) is 23.8 Å². The lowest BCUT2D eigenvalue weighted by Crippen LogP contribution is -2.35. The fraction of sp³-hybridized carbons (Fsp3) is 0.611. The van der Waals surface area contributed by atoms with Crippen LogP contribution in [0.4, 0.5) is 0 Å². The van der Waals surface area contributed by atoms with Crippen LogP contribution in [0, 0.1) is 11.8 Å². The maximum Gasteiger partial charge on any atom is 0.203 e. The van der Waals surface area contributed by atoms with Crippen molar-refractivity contribution in [1.29, 1.82) is 0 Å². The van der Waals surface area contributed by atoms with E-state index < -0.39 is 0 Å². The Morgan fingerprint density at radius 1 is 1.27 bits per heavy atom. The number of fused-ring (bicyclic) bond motifs is 3. The summed E-state index contributed by atoms with van der Waals surface area (Å²) in [6, 6.07) is 6.23. The summed E-state index contributed by atoms with van der Waals surface area (Å²) in [4.78, 5) is 11.5.